The van der Waals surface area contributed by atoms with Crippen molar-refractivity contribution < 1.29 is 19.1 Å². The highest BCUT2D eigenvalue weighted by atomic mass is 32.2. The second-order valence-electron chi connectivity index (χ2n) is 4.88. The van der Waals surface area contributed by atoms with Gasteiger partial charge in [0.1, 0.15) is 12.4 Å². The van der Waals surface area contributed by atoms with E-state index >= 15 is 0 Å². The first-order valence-corrected chi connectivity index (χ1v) is 7.64. The number of benzene rings is 2. The Morgan fingerprint density at radius 1 is 1.17 bits per heavy atom. The maximum atomic E-state index is 13.8. The summed E-state index contributed by atoms with van der Waals surface area (Å²) in [7, 11) is 0. The number of carboxylic acid groups (broad SMARTS) is 1. The SMILES string of the molecule is O=C(O)CN1C(=O)/C(=C/c2ccccc2F)Sc2ccccc21. The van der Waals surface area contributed by atoms with Crippen molar-refractivity contribution in [1.29, 1.82) is 0 Å². The third-order valence-electron chi connectivity index (χ3n) is 3.32. The highest BCUT2D eigenvalue weighted by Crippen LogP contribution is 2.41. The van der Waals surface area contributed by atoms with Crippen molar-refractivity contribution >= 4 is 35.4 Å². The number of carboxylic acids is 1. The van der Waals surface area contributed by atoms with E-state index in [1.807, 2.05) is 0 Å². The number of hydrogen-bond acceptors (Lipinski definition) is 3. The molecule has 3 rings (SSSR count). The van der Waals surface area contributed by atoms with E-state index in [2.05, 4.69) is 0 Å². The quantitative estimate of drug-likeness (QED) is 0.877. The van der Waals surface area contributed by atoms with Crippen LogP contribution in [0.15, 0.2) is 58.3 Å². The topological polar surface area (TPSA) is 57.6 Å². The Bertz CT molecular complexity index is 819. The number of carbonyl (C=O) groups excluding carboxylic acids is 1. The molecule has 1 heterocycles. The summed E-state index contributed by atoms with van der Waals surface area (Å²) < 4.78 is 13.8. The van der Waals surface area contributed by atoms with Crippen molar-refractivity contribution in [1.82, 2.24) is 0 Å². The van der Waals surface area contributed by atoms with Gasteiger partial charge in [0.25, 0.3) is 5.91 Å². The molecule has 0 radical (unpaired) electrons. The minimum atomic E-state index is -1.11. The Labute approximate surface area is 136 Å². The van der Waals surface area contributed by atoms with Gasteiger partial charge in [-0.05, 0) is 24.3 Å². The van der Waals surface area contributed by atoms with Crippen molar-refractivity contribution in [2.75, 3.05) is 11.4 Å². The molecular weight excluding hydrogens is 317 g/mol. The third-order valence-corrected chi connectivity index (χ3v) is 4.39. The largest absolute Gasteiger partial charge is 0.480 e. The normalized spacial score (nSPS) is 15.6. The summed E-state index contributed by atoms with van der Waals surface area (Å²) in [5, 5.41) is 9.05. The molecule has 1 aliphatic heterocycles. The van der Waals surface area contributed by atoms with Crippen molar-refractivity contribution in [3.8, 4) is 0 Å². The summed E-state index contributed by atoms with van der Waals surface area (Å²) in [6.45, 7) is -0.439. The number of hydrogen-bond donors (Lipinski definition) is 1. The molecule has 0 bridgehead atoms. The molecule has 2 aromatic carbocycles. The minimum absolute atomic E-state index is 0.287. The second-order valence-corrected chi connectivity index (χ2v) is 5.97. The fourth-order valence-corrected chi connectivity index (χ4v) is 3.34. The molecule has 0 atom stereocenters. The zero-order valence-electron chi connectivity index (χ0n) is 11.9. The Morgan fingerprint density at radius 2 is 1.87 bits per heavy atom. The van der Waals surface area contributed by atoms with Crippen LogP contribution in [-0.4, -0.2) is 23.5 Å². The van der Waals surface area contributed by atoms with Crippen LogP contribution in [0.3, 0.4) is 0 Å². The van der Waals surface area contributed by atoms with Gasteiger partial charge >= 0.3 is 5.97 Å². The molecule has 2 aromatic rings. The van der Waals surface area contributed by atoms with Crippen LogP contribution in [0.25, 0.3) is 6.08 Å². The number of carbonyl (C=O) groups is 2. The number of fused-ring (bicyclic) bond motifs is 1. The van der Waals surface area contributed by atoms with Gasteiger partial charge in [-0.15, -0.1) is 0 Å². The van der Waals surface area contributed by atoms with E-state index in [9.17, 15) is 14.0 Å². The summed E-state index contributed by atoms with van der Waals surface area (Å²) in [6, 6.07) is 13.2. The standard InChI is InChI=1S/C17H12FNO3S/c18-12-6-2-1-5-11(12)9-15-17(22)19(10-16(20)21)13-7-3-4-8-14(13)23-15/h1-9H,10H2,(H,20,21)/b15-9-. The molecule has 1 amide bonds. The maximum absolute atomic E-state index is 13.8. The van der Waals surface area contributed by atoms with E-state index in [-0.39, 0.29) is 10.5 Å². The van der Waals surface area contributed by atoms with Crippen molar-refractivity contribution in [3.05, 3.63) is 64.8 Å². The van der Waals surface area contributed by atoms with Crippen LogP contribution in [0.4, 0.5) is 10.1 Å². The molecule has 0 saturated carbocycles. The number of rotatable bonds is 3. The molecule has 1 N–H and O–H groups in total. The van der Waals surface area contributed by atoms with Crippen LogP contribution >= 0.6 is 11.8 Å². The first-order chi connectivity index (χ1) is 11.1. The Hall–Kier alpha value is -2.60. The van der Waals surface area contributed by atoms with Gasteiger partial charge in [0, 0.05) is 10.5 Å². The average Bonchev–Trinajstić information content (AvgIpc) is 2.53. The van der Waals surface area contributed by atoms with Gasteiger partial charge in [0.2, 0.25) is 0 Å². The number of halogens is 1. The summed E-state index contributed by atoms with van der Waals surface area (Å²) in [4.78, 5) is 25.9. The van der Waals surface area contributed by atoms with E-state index in [1.165, 1.54) is 28.8 Å². The summed E-state index contributed by atoms with van der Waals surface area (Å²) in [5.74, 6) is -1.98. The maximum Gasteiger partial charge on any atom is 0.323 e. The molecular formula is C17H12FNO3S. The fraction of sp³-hybridized carbons (Fsp3) is 0.0588. The first kappa shape index (κ1) is 15.3. The zero-order chi connectivity index (χ0) is 16.4. The molecule has 23 heavy (non-hydrogen) atoms. The molecule has 0 fully saturated rings. The van der Waals surface area contributed by atoms with Gasteiger partial charge in [-0.3, -0.25) is 14.5 Å². The lowest BCUT2D eigenvalue weighted by atomic mass is 10.2. The highest BCUT2D eigenvalue weighted by Gasteiger charge is 2.30. The lowest BCUT2D eigenvalue weighted by Gasteiger charge is -2.29. The second kappa shape index (κ2) is 6.26. The van der Waals surface area contributed by atoms with E-state index < -0.39 is 24.2 Å². The van der Waals surface area contributed by atoms with Crippen molar-refractivity contribution in [2.24, 2.45) is 0 Å². The fourth-order valence-electron chi connectivity index (χ4n) is 2.29. The molecule has 0 spiro atoms. The van der Waals surface area contributed by atoms with E-state index in [1.54, 1.807) is 42.5 Å². The summed E-state index contributed by atoms with van der Waals surface area (Å²) in [5.41, 5.74) is 0.841. The molecule has 116 valence electrons. The first-order valence-electron chi connectivity index (χ1n) is 6.83. The molecule has 0 aromatic heterocycles. The smallest absolute Gasteiger partial charge is 0.323 e. The average molecular weight is 329 g/mol. The molecule has 0 aliphatic carbocycles. The third kappa shape index (κ3) is 3.12. The van der Waals surface area contributed by atoms with Gasteiger partial charge in [0.15, 0.2) is 0 Å². The summed E-state index contributed by atoms with van der Waals surface area (Å²) in [6.07, 6.45) is 1.45. The summed E-state index contributed by atoms with van der Waals surface area (Å²) >= 11 is 1.21. The van der Waals surface area contributed by atoms with Crippen LogP contribution in [-0.2, 0) is 9.59 Å². The number of amides is 1. The monoisotopic (exact) mass is 329 g/mol. The molecule has 1 aliphatic rings. The van der Waals surface area contributed by atoms with Crippen LogP contribution in [0, 0.1) is 5.82 Å². The molecule has 6 heteroatoms. The van der Waals surface area contributed by atoms with Gasteiger partial charge in [-0.25, -0.2) is 4.39 Å². The Balaban J connectivity index is 2.06. The van der Waals surface area contributed by atoms with Crippen LogP contribution in [0.2, 0.25) is 0 Å². The number of nitrogens with zero attached hydrogens (tertiary/aromatic N) is 1. The predicted octanol–water partition coefficient (Wildman–Crippen LogP) is 3.39. The van der Waals surface area contributed by atoms with Gasteiger partial charge < -0.3 is 5.11 Å². The predicted molar refractivity (Wildman–Crippen MR) is 86.7 cm³/mol. The lowest BCUT2D eigenvalue weighted by molar-refractivity contribution is -0.136. The Morgan fingerprint density at radius 3 is 2.61 bits per heavy atom. The van der Waals surface area contributed by atoms with Gasteiger partial charge in [-0.1, -0.05) is 42.1 Å². The molecule has 0 saturated heterocycles. The molecule has 4 nitrogen and oxygen atoms in total. The number of aliphatic carboxylic acids is 1. The van der Waals surface area contributed by atoms with E-state index in [0.717, 1.165) is 4.90 Å². The van der Waals surface area contributed by atoms with E-state index in [4.69, 9.17) is 5.11 Å². The number of para-hydroxylation sites is 1. The van der Waals surface area contributed by atoms with Crippen LogP contribution in [0.1, 0.15) is 5.56 Å². The van der Waals surface area contributed by atoms with Gasteiger partial charge in [-0.2, -0.15) is 0 Å². The molecule has 0 unspecified atom stereocenters. The highest BCUT2D eigenvalue weighted by molar-refractivity contribution is 8.04. The number of anilines is 1. The van der Waals surface area contributed by atoms with Crippen molar-refractivity contribution in [2.45, 2.75) is 4.90 Å². The Kier molecular flexibility index (Phi) is 4.16. The minimum Gasteiger partial charge on any atom is -0.480 e. The van der Waals surface area contributed by atoms with E-state index in [0.29, 0.717) is 5.69 Å². The zero-order valence-corrected chi connectivity index (χ0v) is 12.7. The van der Waals surface area contributed by atoms with Crippen LogP contribution < -0.4 is 4.90 Å². The van der Waals surface area contributed by atoms with Crippen LogP contribution in [0.5, 0.6) is 0 Å². The number of thioether (sulfide) groups is 1. The lowest BCUT2D eigenvalue weighted by Crippen LogP contribution is -2.38. The van der Waals surface area contributed by atoms with Crippen molar-refractivity contribution in [3.63, 3.8) is 0 Å². The van der Waals surface area contributed by atoms with Gasteiger partial charge in [0.05, 0.1) is 10.6 Å².